The van der Waals surface area contributed by atoms with Crippen molar-refractivity contribution in [2.24, 2.45) is 0 Å². The van der Waals surface area contributed by atoms with E-state index in [2.05, 4.69) is 24.1 Å². The maximum Gasteiger partial charge on any atom is 0.417 e. The van der Waals surface area contributed by atoms with Gasteiger partial charge in [-0.1, -0.05) is 32.4 Å². The summed E-state index contributed by atoms with van der Waals surface area (Å²) in [7, 11) is 0. The molecule has 0 unspecified atom stereocenters. The van der Waals surface area contributed by atoms with Gasteiger partial charge in [-0.15, -0.1) is 0 Å². The second-order valence-electron chi connectivity index (χ2n) is 5.80. The fourth-order valence-corrected chi connectivity index (χ4v) is 2.35. The number of fused-ring (bicyclic) bond motifs is 1. The normalized spacial score (nSPS) is 12.6. The van der Waals surface area contributed by atoms with Crippen LogP contribution in [0.5, 0.6) is 0 Å². The molecule has 1 heterocycles. The van der Waals surface area contributed by atoms with E-state index in [0.29, 0.717) is 6.07 Å². The summed E-state index contributed by atoms with van der Waals surface area (Å²) >= 11 is 4.75. The quantitative estimate of drug-likeness (QED) is 0.498. The highest BCUT2D eigenvalue weighted by Crippen LogP contribution is 2.36. The Balaban J connectivity index is 0.00000114. The van der Waals surface area contributed by atoms with Crippen molar-refractivity contribution in [2.45, 2.75) is 38.8 Å². The summed E-state index contributed by atoms with van der Waals surface area (Å²) in [5, 5.41) is -1.42. The topological polar surface area (TPSA) is 44.9 Å². The number of pyridine rings is 1. The first kappa shape index (κ1) is 23.0. The molecule has 1 aromatic heterocycles. The van der Waals surface area contributed by atoms with Crippen LogP contribution in [0.25, 0.3) is 16.5 Å². The van der Waals surface area contributed by atoms with Crippen LogP contribution in [0.15, 0.2) is 35.3 Å². The molecule has 0 bridgehead atoms. The molecule has 0 aliphatic carbocycles. The Morgan fingerprint density at radius 2 is 1.81 bits per heavy atom. The van der Waals surface area contributed by atoms with Gasteiger partial charge in [0.15, 0.2) is 0 Å². The van der Waals surface area contributed by atoms with Crippen LogP contribution >= 0.6 is 11.6 Å². The number of alkyl halides is 6. The molecule has 3 nitrogen and oxygen atoms in total. The number of allylic oxidation sites excluding steroid dienone is 1. The lowest BCUT2D eigenvalue weighted by Gasteiger charge is -2.14. The molecule has 2 aromatic rings. The predicted molar refractivity (Wildman–Crippen MR) is 98.0 cm³/mol. The van der Waals surface area contributed by atoms with Gasteiger partial charge >= 0.3 is 11.6 Å². The lowest BCUT2D eigenvalue weighted by Crippen LogP contribution is -2.24. The number of aromatic amines is 1. The zero-order chi connectivity index (χ0) is 20.8. The zero-order valence-electron chi connectivity index (χ0n) is 15.0. The van der Waals surface area contributed by atoms with Crippen molar-refractivity contribution in [3.63, 3.8) is 0 Å². The predicted octanol–water partition coefficient (Wildman–Crippen LogP) is 5.75. The molecule has 0 spiro atoms. The molecule has 0 radical (unpaired) electrons. The molecule has 0 amide bonds. The Bertz CT molecular complexity index is 853. The van der Waals surface area contributed by atoms with Gasteiger partial charge in [-0.25, -0.2) is 0 Å². The molecule has 0 fully saturated rings. The summed E-state index contributed by atoms with van der Waals surface area (Å²) in [4.78, 5) is 13.8. The Hall–Kier alpha value is -2.09. The van der Waals surface area contributed by atoms with Gasteiger partial charge in [0.1, 0.15) is 0 Å². The van der Waals surface area contributed by atoms with E-state index in [1.54, 1.807) is 0 Å². The molecule has 9 heteroatoms. The molecule has 2 rings (SSSR count). The highest BCUT2D eigenvalue weighted by Gasteiger charge is 2.34. The van der Waals surface area contributed by atoms with Crippen LogP contribution in [0.2, 0.25) is 0 Å². The minimum Gasteiger partial charge on any atom is -0.384 e. The largest absolute Gasteiger partial charge is 0.417 e. The lowest BCUT2D eigenvalue weighted by molar-refractivity contribution is -0.136. The number of rotatable bonds is 4. The minimum atomic E-state index is -4.74. The molecular formula is C18H20ClF5N2O. The third kappa shape index (κ3) is 6.86. The summed E-state index contributed by atoms with van der Waals surface area (Å²) in [6.45, 7) is 4.83. The molecule has 2 N–H and O–H groups in total. The van der Waals surface area contributed by atoms with Crippen LogP contribution in [-0.4, -0.2) is 16.9 Å². The van der Waals surface area contributed by atoms with Crippen molar-refractivity contribution in [2.75, 3.05) is 6.54 Å². The van der Waals surface area contributed by atoms with E-state index in [1.807, 2.05) is 0 Å². The fourth-order valence-electron chi connectivity index (χ4n) is 2.27. The second-order valence-corrected chi connectivity index (χ2v) is 6.36. The molecule has 0 aliphatic heterocycles. The average Bonchev–Trinajstić information content (AvgIpc) is 2.51. The third-order valence-electron chi connectivity index (χ3n) is 3.22. The molecule has 0 aliphatic rings. The Morgan fingerprint density at radius 1 is 1.22 bits per heavy atom. The summed E-state index contributed by atoms with van der Waals surface area (Å²) in [5.74, 6) is 0. The number of halogens is 6. The van der Waals surface area contributed by atoms with Gasteiger partial charge in [0.25, 0.3) is 0 Å². The molecule has 0 saturated carbocycles. The van der Waals surface area contributed by atoms with E-state index >= 15 is 0 Å². The van der Waals surface area contributed by atoms with E-state index < -0.39 is 29.2 Å². The van der Waals surface area contributed by atoms with E-state index in [4.69, 9.17) is 11.6 Å². The van der Waals surface area contributed by atoms with Crippen LogP contribution in [0.4, 0.5) is 22.0 Å². The number of benzene rings is 1. The smallest absolute Gasteiger partial charge is 0.384 e. The van der Waals surface area contributed by atoms with E-state index in [1.165, 1.54) is 31.5 Å². The number of aromatic nitrogens is 1. The first-order chi connectivity index (χ1) is 12.4. The van der Waals surface area contributed by atoms with Gasteiger partial charge in [-0.2, -0.15) is 22.0 Å². The van der Waals surface area contributed by atoms with Gasteiger partial charge < -0.3 is 10.3 Å². The van der Waals surface area contributed by atoms with Crippen LogP contribution in [0, 0.1) is 0 Å². The van der Waals surface area contributed by atoms with E-state index in [-0.39, 0.29) is 22.0 Å². The van der Waals surface area contributed by atoms with Gasteiger partial charge in [0, 0.05) is 23.2 Å². The van der Waals surface area contributed by atoms with Crippen LogP contribution in [0.1, 0.15) is 38.3 Å². The average molecular weight is 411 g/mol. The number of hydrogen-bond acceptors (Lipinski definition) is 2. The van der Waals surface area contributed by atoms with Gasteiger partial charge in [-0.05, 0) is 35.7 Å². The van der Waals surface area contributed by atoms with Crippen LogP contribution in [-0.2, 0) is 6.18 Å². The second kappa shape index (κ2) is 9.21. The zero-order valence-corrected chi connectivity index (χ0v) is 15.7. The van der Waals surface area contributed by atoms with Crippen LogP contribution in [0.3, 0.4) is 0 Å². The Morgan fingerprint density at radius 3 is 2.33 bits per heavy atom. The molecule has 0 saturated heterocycles. The van der Waals surface area contributed by atoms with Crippen molar-refractivity contribution < 1.29 is 22.0 Å². The van der Waals surface area contributed by atoms with E-state index in [0.717, 1.165) is 6.20 Å². The highest BCUT2D eigenvalue weighted by atomic mass is 35.5. The summed E-state index contributed by atoms with van der Waals surface area (Å²) in [6, 6.07) is 4.67. The Kier molecular flexibility index (Phi) is 7.83. The maximum atomic E-state index is 13.2. The molecule has 1 aromatic carbocycles. The molecule has 150 valence electrons. The monoisotopic (exact) mass is 410 g/mol. The SMILES string of the molecule is C/C(=C/NCC(F)(F)Cl)c1cccc2[nH]c(=O)cc(C(F)(F)F)c12.CCC. The maximum absolute atomic E-state index is 13.2. The Labute approximate surface area is 158 Å². The third-order valence-corrected chi connectivity index (χ3v) is 3.35. The molecule has 0 atom stereocenters. The van der Waals surface area contributed by atoms with Crippen molar-refractivity contribution >= 4 is 28.1 Å². The summed E-state index contributed by atoms with van der Waals surface area (Å²) in [5.41, 5.74) is -1.54. The number of H-pyrrole nitrogens is 1. The highest BCUT2D eigenvalue weighted by molar-refractivity contribution is 6.21. The van der Waals surface area contributed by atoms with Gasteiger partial charge in [0.05, 0.1) is 12.1 Å². The number of nitrogens with one attached hydrogen (secondary N) is 2. The van der Waals surface area contributed by atoms with Gasteiger partial charge in [-0.3, -0.25) is 4.79 Å². The van der Waals surface area contributed by atoms with Crippen molar-refractivity contribution in [1.82, 2.24) is 10.3 Å². The first-order valence-electron chi connectivity index (χ1n) is 8.11. The molecular weight excluding hydrogens is 391 g/mol. The van der Waals surface area contributed by atoms with Crippen molar-refractivity contribution in [1.29, 1.82) is 0 Å². The van der Waals surface area contributed by atoms with Gasteiger partial charge in [0.2, 0.25) is 5.56 Å². The fraction of sp³-hybridized carbons (Fsp3) is 0.389. The minimum absolute atomic E-state index is 0.00254. The van der Waals surface area contributed by atoms with Crippen LogP contribution < -0.4 is 10.9 Å². The lowest BCUT2D eigenvalue weighted by atomic mass is 9.98. The number of hydrogen-bond donors (Lipinski definition) is 2. The van der Waals surface area contributed by atoms with Crippen molar-refractivity contribution in [3.8, 4) is 0 Å². The molecule has 27 heavy (non-hydrogen) atoms. The standard InChI is InChI=1S/C15H12ClF5N2O.C3H8/c1-8(6-22-7-14(16,17)18)9-3-2-4-11-13(9)10(15(19,20)21)5-12(24)23-11;1-3-2/h2-6,22H,7H2,1H3,(H,23,24);3H2,1-2H3/b8-6-;. The first-order valence-corrected chi connectivity index (χ1v) is 8.49. The summed E-state index contributed by atoms with van der Waals surface area (Å²) in [6.07, 6.45) is -2.34. The summed E-state index contributed by atoms with van der Waals surface area (Å²) < 4.78 is 64.9. The van der Waals surface area contributed by atoms with E-state index in [9.17, 15) is 26.7 Å². The van der Waals surface area contributed by atoms with Crippen molar-refractivity contribution in [3.05, 3.63) is 51.9 Å².